The second kappa shape index (κ2) is 8.13. The van der Waals surface area contributed by atoms with Gasteiger partial charge in [0.25, 0.3) is 0 Å². The van der Waals surface area contributed by atoms with Crippen molar-refractivity contribution in [1.29, 1.82) is 0 Å². The maximum absolute atomic E-state index is 11.4. The first-order chi connectivity index (χ1) is 7.83. The first kappa shape index (κ1) is 13.0. The summed E-state index contributed by atoms with van der Waals surface area (Å²) in [6, 6.07) is 3.80. The number of pyridine rings is 1. The third kappa shape index (κ3) is 5.72. The van der Waals surface area contributed by atoms with Crippen molar-refractivity contribution in [3.05, 3.63) is 24.5 Å². The molecule has 0 spiro atoms. The van der Waals surface area contributed by atoms with Crippen LogP contribution < -0.4 is 10.6 Å². The lowest BCUT2D eigenvalue weighted by Gasteiger charge is -2.05. The molecule has 1 aromatic heterocycles. The van der Waals surface area contributed by atoms with E-state index in [1.165, 1.54) is 11.8 Å². The summed E-state index contributed by atoms with van der Waals surface area (Å²) in [5, 5.41) is 6.00. The molecule has 5 heteroatoms. The molecule has 88 valence electrons. The van der Waals surface area contributed by atoms with Crippen LogP contribution in [-0.2, 0) is 4.79 Å². The van der Waals surface area contributed by atoms with E-state index in [-0.39, 0.29) is 5.91 Å². The van der Waals surface area contributed by atoms with Gasteiger partial charge in [0.05, 0.1) is 5.75 Å². The highest BCUT2D eigenvalue weighted by Gasteiger charge is 2.01. The standard InChI is InChI=1S/C11H17N3OS/c1-2-12-7-8-14-11(15)9-16-10-3-5-13-6-4-10/h3-6,12H,2,7-9H2,1H3,(H,14,15). The van der Waals surface area contributed by atoms with E-state index in [0.29, 0.717) is 12.3 Å². The second-order valence-corrected chi connectivity index (χ2v) is 4.22. The number of hydrogen-bond donors (Lipinski definition) is 2. The third-order valence-corrected chi connectivity index (χ3v) is 2.91. The molecule has 0 atom stereocenters. The van der Waals surface area contributed by atoms with Crippen LogP contribution in [-0.4, -0.2) is 36.3 Å². The number of carbonyl (C=O) groups is 1. The first-order valence-electron chi connectivity index (χ1n) is 5.33. The quantitative estimate of drug-likeness (QED) is 0.548. The fraction of sp³-hybridized carbons (Fsp3) is 0.455. The zero-order valence-corrected chi connectivity index (χ0v) is 10.2. The van der Waals surface area contributed by atoms with E-state index < -0.39 is 0 Å². The van der Waals surface area contributed by atoms with Gasteiger partial charge in [-0.15, -0.1) is 11.8 Å². The van der Waals surface area contributed by atoms with Crippen molar-refractivity contribution in [3.63, 3.8) is 0 Å². The van der Waals surface area contributed by atoms with Crippen LogP contribution in [0.2, 0.25) is 0 Å². The summed E-state index contributed by atoms with van der Waals surface area (Å²) in [5.74, 6) is 0.524. The number of nitrogens with one attached hydrogen (secondary N) is 2. The van der Waals surface area contributed by atoms with E-state index in [0.717, 1.165) is 18.0 Å². The minimum absolute atomic E-state index is 0.0692. The van der Waals surface area contributed by atoms with Gasteiger partial charge in [0.15, 0.2) is 0 Å². The molecule has 1 aromatic rings. The zero-order valence-electron chi connectivity index (χ0n) is 9.40. The zero-order chi connectivity index (χ0) is 11.6. The number of carbonyl (C=O) groups excluding carboxylic acids is 1. The molecule has 0 aliphatic rings. The lowest BCUT2D eigenvalue weighted by atomic mass is 10.5. The number of thioether (sulfide) groups is 1. The van der Waals surface area contributed by atoms with Crippen LogP contribution in [0.3, 0.4) is 0 Å². The lowest BCUT2D eigenvalue weighted by molar-refractivity contribution is -0.118. The van der Waals surface area contributed by atoms with Crippen molar-refractivity contribution in [1.82, 2.24) is 15.6 Å². The van der Waals surface area contributed by atoms with E-state index in [9.17, 15) is 4.79 Å². The van der Waals surface area contributed by atoms with Crippen LogP contribution in [0.25, 0.3) is 0 Å². The van der Waals surface area contributed by atoms with Gasteiger partial charge in [-0.1, -0.05) is 6.92 Å². The van der Waals surface area contributed by atoms with E-state index >= 15 is 0 Å². The molecule has 0 saturated carbocycles. The van der Waals surface area contributed by atoms with Crippen LogP contribution in [0.1, 0.15) is 6.92 Å². The first-order valence-corrected chi connectivity index (χ1v) is 6.31. The topological polar surface area (TPSA) is 54.0 Å². The van der Waals surface area contributed by atoms with E-state index in [2.05, 4.69) is 15.6 Å². The van der Waals surface area contributed by atoms with Gasteiger partial charge in [-0.05, 0) is 18.7 Å². The minimum atomic E-state index is 0.0692. The number of rotatable bonds is 7. The van der Waals surface area contributed by atoms with E-state index in [1.807, 2.05) is 19.1 Å². The summed E-state index contributed by atoms with van der Waals surface area (Å²) in [6.45, 7) is 4.48. The molecular formula is C11H17N3OS. The number of amides is 1. The van der Waals surface area contributed by atoms with Crippen LogP contribution >= 0.6 is 11.8 Å². The van der Waals surface area contributed by atoms with Gasteiger partial charge in [-0.25, -0.2) is 0 Å². The van der Waals surface area contributed by atoms with Gasteiger partial charge in [0.1, 0.15) is 0 Å². The highest BCUT2D eigenvalue weighted by Crippen LogP contribution is 2.15. The Morgan fingerprint density at radius 2 is 2.12 bits per heavy atom. The molecule has 0 aliphatic heterocycles. The van der Waals surface area contributed by atoms with Gasteiger partial charge in [0.2, 0.25) is 5.91 Å². The van der Waals surface area contributed by atoms with Crippen LogP contribution in [0.15, 0.2) is 29.4 Å². The Morgan fingerprint density at radius 1 is 1.38 bits per heavy atom. The summed E-state index contributed by atoms with van der Waals surface area (Å²) in [6.07, 6.45) is 3.46. The van der Waals surface area contributed by atoms with Gasteiger partial charge >= 0.3 is 0 Å². The van der Waals surface area contributed by atoms with E-state index in [4.69, 9.17) is 0 Å². The Hall–Kier alpha value is -1.07. The summed E-state index contributed by atoms with van der Waals surface area (Å²) >= 11 is 1.52. The highest BCUT2D eigenvalue weighted by atomic mass is 32.2. The fourth-order valence-electron chi connectivity index (χ4n) is 1.10. The summed E-state index contributed by atoms with van der Waals surface area (Å²) in [7, 11) is 0. The summed E-state index contributed by atoms with van der Waals surface area (Å²) in [4.78, 5) is 16.4. The normalized spacial score (nSPS) is 10.1. The van der Waals surface area contributed by atoms with Crippen molar-refractivity contribution in [3.8, 4) is 0 Å². The van der Waals surface area contributed by atoms with Crippen LogP contribution in [0, 0.1) is 0 Å². The molecule has 0 fully saturated rings. The summed E-state index contributed by atoms with van der Waals surface area (Å²) in [5.41, 5.74) is 0. The molecule has 0 radical (unpaired) electrons. The lowest BCUT2D eigenvalue weighted by Crippen LogP contribution is -2.32. The third-order valence-electron chi connectivity index (χ3n) is 1.89. The van der Waals surface area contributed by atoms with Gasteiger partial charge in [-0.2, -0.15) is 0 Å². The van der Waals surface area contributed by atoms with Crippen molar-refractivity contribution < 1.29 is 4.79 Å². The number of nitrogens with zero attached hydrogens (tertiary/aromatic N) is 1. The van der Waals surface area contributed by atoms with Crippen molar-refractivity contribution in [2.75, 3.05) is 25.4 Å². The largest absolute Gasteiger partial charge is 0.354 e. The Balaban J connectivity index is 2.11. The van der Waals surface area contributed by atoms with Gasteiger partial charge < -0.3 is 10.6 Å². The predicted molar refractivity (Wildman–Crippen MR) is 66.5 cm³/mol. The highest BCUT2D eigenvalue weighted by molar-refractivity contribution is 8.00. The molecule has 0 saturated heterocycles. The monoisotopic (exact) mass is 239 g/mol. The average Bonchev–Trinajstić information content (AvgIpc) is 2.33. The van der Waals surface area contributed by atoms with Crippen LogP contribution in [0.4, 0.5) is 0 Å². The Bertz CT molecular complexity index is 305. The van der Waals surface area contributed by atoms with Crippen LogP contribution in [0.5, 0.6) is 0 Å². The predicted octanol–water partition coefficient (Wildman–Crippen LogP) is 0.899. The minimum Gasteiger partial charge on any atom is -0.354 e. The molecule has 0 aliphatic carbocycles. The second-order valence-electron chi connectivity index (χ2n) is 3.18. The number of hydrogen-bond acceptors (Lipinski definition) is 4. The molecule has 0 aromatic carbocycles. The molecule has 1 amide bonds. The smallest absolute Gasteiger partial charge is 0.230 e. The SMILES string of the molecule is CCNCCNC(=O)CSc1ccncc1. The summed E-state index contributed by atoms with van der Waals surface area (Å²) < 4.78 is 0. The Morgan fingerprint density at radius 3 is 2.81 bits per heavy atom. The number of aromatic nitrogens is 1. The molecule has 1 rings (SSSR count). The average molecular weight is 239 g/mol. The van der Waals surface area contributed by atoms with Crippen molar-refractivity contribution >= 4 is 17.7 Å². The molecule has 1 heterocycles. The molecule has 0 unspecified atom stereocenters. The molecular weight excluding hydrogens is 222 g/mol. The van der Waals surface area contributed by atoms with E-state index in [1.54, 1.807) is 12.4 Å². The Kier molecular flexibility index (Phi) is 6.60. The molecule has 0 bridgehead atoms. The van der Waals surface area contributed by atoms with Gasteiger partial charge in [0, 0.05) is 30.4 Å². The Labute approximate surface area is 100 Å². The molecule has 4 nitrogen and oxygen atoms in total. The fourth-order valence-corrected chi connectivity index (χ4v) is 1.82. The number of likely N-dealkylation sites (N-methyl/N-ethyl adjacent to an activating group) is 1. The van der Waals surface area contributed by atoms with Crippen molar-refractivity contribution in [2.24, 2.45) is 0 Å². The van der Waals surface area contributed by atoms with Crippen molar-refractivity contribution in [2.45, 2.75) is 11.8 Å². The maximum atomic E-state index is 11.4. The molecule has 16 heavy (non-hydrogen) atoms. The molecule has 2 N–H and O–H groups in total. The maximum Gasteiger partial charge on any atom is 0.230 e. The van der Waals surface area contributed by atoms with Gasteiger partial charge in [-0.3, -0.25) is 9.78 Å².